The Balaban J connectivity index is 2.15. The van der Waals surface area contributed by atoms with Gasteiger partial charge in [0.1, 0.15) is 5.82 Å². The van der Waals surface area contributed by atoms with Gasteiger partial charge >= 0.3 is 0 Å². The summed E-state index contributed by atoms with van der Waals surface area (Å²) in [6.45, 7) is 0. The van der Waals surface area contributed by atoms with Gasteiger partial charge in [0.2, 0.25) is 0 Å². The standard InChI is InChI=1S/C13H12F2N4OS/c1-16-11-7-6-9(18-19-11)12(20)17-8-4-2-3-5-10(8)21-13(14)15/h2-7,13H,1H3,(H,16,19)(H,17,20). The molecule has 1 aromatic heterocycles. The van der Waals surface area contributed by atoms with Crippen LogP contribution in [0.25, 0.3) is 0 Å². The zero-order valence-electron chi connectivity index (χ0n) is 11.0. The number of anilines is 2. The molecule has 2 aromatic rings. The molecule has 2 N–H and O–H groups in total. The van der Waals surface area contributed by atoms with E-state index in [9.17, 15) is 13.6 Å². The molecule has 1 heterocycles. The van der Waals surface area contributed by atoms with Gasteiger partial charge in [-0.15, -0.1) is 10.2 Å². The van der Waals surface area contributed by atoms with Gasteiger partial charge in [-0.25, -0.2) is 0 Å². The molecule has 21 heavy (non-hydrogen) atoms. The van der Waals surface area contributed by atoms with Gasteiger partial charge in [0.25, 0.3) is 11.7 Å². The lowest BCUT2D eigenvalue weighted by atomic mass is 10.3. The second-order valence-electron chi connectivity index (χ2n) is 3.88. The van der Waals surface area contributed by atoms with Crippen LogP contribution in [-0.4, -0.2) is 28.9 Å². The van der Waals surface area contributed by atoms with E-state index in [2.05, 4.69) is 20.8 Å². The molecule has 0 fully saturated rings. The number of hydrogen-bond acceptors (Lipinski definition) is 5. The lowest BCUT2D eigenvalue weighted by molar-refractivity contribution is 0.102. The van der Waals surface area contributed by atoms with Crippen LogP contribution in [0.4, 0.5) is 20.3 Å². The van der Waals surface area contributed by atoms with Gasteiger partial charge in [0.05, 0.1) is 5.69 Å². The minimum Gasteiger partial charge on any atom is -0.372 e. The van der Waals surface area contributed by atoms with Crippen LogP contribution < -0.4 is 10.6 Å². The predicted octanol–water partition coefficient (Wildman–Crippen LogP) is 3.09. The van der Waals surface area contributed by atoms with Gasteiger partial charge < -0.3 is 10.6 Å². The number of nitrogens with one attached hydrogen (secondary N) is 2. The molecule has 0 bridgehead atoms. The molecule has 0 aliphatic carbocycles. The zero-order chi connectivity index (χ0) is 15.2. The SMILES string of the molecule is CNc1ccc(C(=O)Nc2ccccc2SC(F)F)nn1. The number of alkyl halides is 2. The predicted molar refractivity (Wildman–Crippen MR) is 77.8 cm³/mol. The number of aromatic nitrogens is 2. The summed E-state index contributed by atoms with van der Waals surface area (Å²) in [5.74, 6) is -2.54. The molecule has 110 valence electrons. The highest BCUT2D eigenvalue weighted by Crippen LogP contribution is 2.31. The molecule has 1 amide bonds. The molecule has 5 nitrogen and oxygen atoms in total. The molecule has 8 heteroatoms. The average molecular weight is 310 g/mol. The van der Waals surface area contributed by atoms with Crippen LogP contribution in [0.1, 0.15) is 10.5 Å². The van der Waals surface area contributed by atoms with Crippen LogP contribution in [0.5, 0.6) is 0 Å². The van der Waals surface area contributed by atoms with Crippen molar-refractivity contribution < 1.29 is 13.6 Å². The molecule has 0 atom stereocenters. The molecular weight excluding hydrogens is 298 g/mol. The van der Waals surface area contributed by atoms with Crippen LogP contribution in [0.3, 0.4) is 0 Å². The fraction of sp³-hybridized carbons (Fsp3) is 0.154. The summed E-state index contributed by atoms with van der Waals surface area (Å²) in [5.41, 5.74) is 0.415. The van der Waals surface area contributed by atoms with Crippen LogP contribution >= 0.6 is 11.8 Å². The van der Waals surface area contributed by atoms with Crippen LogP contribution in [0.2, 0.25) is 0 Å². The van der Waals surface area contributed by atoms with Crippen molar-refractivity contribution in [1.82, 2.24) is 10.2 Å². The zero-order valence-corrected chi connectivity index (χ0v) is 11.8. The van der Waals surface area contributed by atoms with E-state index in [0.717, 1.165) is 0 Å². The van der Waals surface area contributed by atoms with Crippen molar-refractivity contribution in [2.45, 2.75) is 10.7 Å². The van der Waals surface area contributed by atoms with E-state index in [1.807, 2.05) is 0 Å². The molecule has 0 unspecified atom stereocenters. The third-order valence-corrected chi connectivity index (χ3v) is 3.29. The van der Waals surface area contributed by atoms with E-state index in [0.29, 0.717) is 28.2 Å². The smallest absolute Gasteiger partial charge is 0.288 e. The normalized spacial score (nSPS) is 10.5. The van der Waals surface area contributed by atoms with Gasteiger partial charge in [-0.2, -0.15) is 8.78 Å². The lowest BCUT2D eigenvalue weighted by Gasteiger charge is -2.09. The van der Waals surface area contributed by atoms with Gasteiger partial charge in [-0.05, 0) is 24.3 Å². The monoisotopic (exact) mass is 310 g/mol. The Hall–Kier alpha value is -2.22. The average Bonchev–Trinajstić information content (AvgIpc) is 2.49. The van der Waals surface area contributed by atoms with E-state index in [1.165, 1.54) is 12.1 Å². The number of rotatable bonds is 5. The van der Waals surface area contributed by atoms with E-state index in [-0.39, 0.29) is 5.69 Å². The Labute approximate surface area is 124 Å². The lowest BCUT2D eigenvalue weighted by Crippen LogP contribution is -2.15. The number of carbonyl (C=O) groups is 1. The number of thioether (sulfide) groups is 1. The van der Waals surface area contributed by atoms with Crippen LogP contribution in [0.15, 0.2) is 41.3 Å². The van der Waals surface area contributed by atoms with Gasteiger partial charge in [-0.3, -0.25) is 4.79 Å². The van der Waals surface area contributed by atoms with Gasteiger partial charge in [0, 0.05) is 11.9 Å². The highest BCUT2D eigenvalue weighted by atomic mass is 32.2. The summed E-state index contributed by atoms with van der Waals surface area (Å²) in [4.78, 5) is 12.3. The van der Waals surface area contributed by atoms with Crippen molar-refractivity contribution in [1.29, 1.82) is 0 Å². The molecule has 1 aromatic carbocycles. The number of amides is 1. The number of halogens is 2. The molecule has 0 aliphatic heterocycles. The molecule has 2 rings (SSSR count). The second kappa shape index (κ2) is 6.98. The first kappa shape index (κ1) is 15.2. The second-order valence-corrected chi connectivity index (χ2v) is 4.91. The molecular formula is C13H12F2N4OS. The Morgan fingerprint density at radius 3 is 2.57 bits per heavy atom. The van der Waals surface area contributed by atoms with Crippen LogP contribution in [-0.2, 0) is 0 Å². The quantitative estimate of drug-likeness (QED) is 0.831. The fourth-order valence-electron chi connectivity index (χ4n) is 1.54. The molecule has 0 saturated carbocycles. The molecule has 0 spiro atoms. The molecule has 0 radical (unpaired) electrons. The largest absolute Gasteiger partial charge is 0.372 e. The van der Waals surface area contributed by atoms with Crippen molar-refractivity contribution in [2.75, 3.05) is 17.7 Å². The first-order valence-corrected chi connectivity index (χ1v) is 6.85. The first-order chi connectivity index (χ1) is 10.1. The summed E-state index contributed by atoms with van der Waals surface area (Å²) in [6.07, 6.45) is 0. The van der Waals surface area contributed by atoms with Crippen molar-refractivity contribution in [3.63, 3.8) is 0 Å². The van der Waals surface area contributed by atoms with Crippen molar-refractivity contribution in [3.8, 4) is 0 Å². The number of para-hydroxylation sites is 1. The van der Waals surface area contributed by atoms with E-state index in [4.69, 9.17) is 0 Å². The maximum absolute atomic E-state index is 12.5. The Bertz CT molecular complexity index is 622. The van der Waals surface area contributed by atoms with Crippen molar-refractivity contribution in [3.05, 3.63) is 42.1 Å². The van der Waals surface area contributed by atoms with E-state index in [1.54, 1.807) is 31.3 Å². The van der Waals surface area contributed by atoms with Gasteiger partial charge in [0.15, 0.2) is 5.69 Å². The Kier molecular flexibility index (Phi) is 5.04. The summed E-state index contributed by atoms with van der Waals surface area (Å²) in [5, 5.41) is 12.9. The Morgan fingerprint density at radius 1 is 1.19 bits per heavy atom. The summed E-state index contributed by atoms with van der Waals surface area (Å²) < 4.78 is 24.9. The van der Waals surface area contributed by atoms with Gasteiger partial charge in [-0.1, -0.05) is 23.9 Å². The highest BCUT2D eigenvalue weighted by Gasteiger charge is 2.13. The van der Waals surface area contributed by atoms with Crippen molar-refractivity contribution >= 4 is 29.2 Å². The minimum absolute atomic E-state index is 0.103. The molecule has 0 aliphatic rings. The summed E-state index contributed by atoms with van der Waals surface area (Å²) in [7, 11) is 1.68. The van der Waals surface area contributed by atoms with Crippen molar-refractivity contribution in [2.24, 2.45) is 0 Å². The van der Waals surface area contributed by atoms with E-state index < -0.39 is 11.7 Å². The summed E-state index contributed by atoms with van der Waals surface area (Å²) >= 11 is 0.374. The fourth-order valence-corrected chi connectivity index (χ4v) is 2.14. The maximum Gasteiger partial charge on any atom is 0.288 e. The third kappa shape index (κ3) is 4.12. The number of carbonyl (C=O) groups excluding carboxylic acids is 1. The maximum atomic E-state index is 12.5. The number of benzene rings is 1. The molecule has 0 saturated heterocycles. The van der Waals surface area contributed by atoms with E-state index >= 15 is 0 Å². The topological polar surface area (TPSA) is 66.9 Å². The van der Waals surface area contributed by atoms with Crippen LogP contribution in [0, 0.1) is 0 Å². The summed E-state index contributed by atoms with van der Waals surface area (Å²) in [6, 6.07) is 9.45. The first-order valence-electron chi connectivity index (χ1n) is 5.97. The Morgan fingerprint density at radius 2 is 1.95 bits per heavy atom. The third-order valence-electron chi connectivity index (χ3n) is 2.50. The number of hydrogen-bond donors (Lipinski definition) is 2. The highest BCUT2D eigenvalue weighted by molar-refractivity contribution is 7.99. The number of nitrogens with zero attached hydrogens (tertiary/aromatic N) is 2. The minimum atomic E-state index is -2.56.